The lowest BCUT2D eigenvalue weighted by Crippen LogP contribution is -2.37. The predicted octanol–water partition coefficient (Wildman–Crippen LogP) is 4.01. The second-order valence-corrected chi connectivity index (χ2v) is 6.21. The van der Waals surface area contributed by atoms with E-state index in [1.165, 1.54) is 0 Å². The first-order valence-electron chi connectivity index (χ1n) is 7.85. The van der Waals surface area contributed by atoms with E-state index in [9.17, 15) is 4.79 Å². The monoisotopic (exact) mass is 342 g/mol. The van der Waals surface area contributed by atoms with Crippen molar-refractivity contribution < 1.29 is 9.53 Å². The normalized spacial score (nSPS) is 10.3. The van der Waals surface area contributed by atoms with Crippen LogP contribution in [0.1, 0.15) is 30.9 Å². The highest BCUT2D eigenvalue weighted by molar-refractivity contribution is 7.80. The van der Waals surface area contributed by atoms with Gasteiger partial charge in [-0.2, -0.15) is 0 Å². The van der Waals surface area contributed by atoms with Gasteiger partial charge in [-0.15, -0.1) is 0 Å². The van der Waals surface area contributed by atoms with E-state index in [2.05, 4.69) is 24.5 Å². The first-order valence-corrected chi connectivity index (χ1v) is 8.26. The molecule has 126 valence electrons. The Balaban J connectivity index is 1.88. The minimum absolute atomic E-state index is 0.0848. The van der Waals surface area contributed by atoms with Gasteiger partial charge in [-0.05, 0) is 48.3 Å². The van der Waals surface area contributed by atoms with Crippen molar-refractivity contribution in [2.45, 2.75) is 26.7 Å². The fourth-order valence-corrected chi connectivity index (χ4v) is 2.52. The van der Waals surface area contributed by atoms with Crippen LogP contribution < -0.4 is 15.4 Å². The Labute approximate surface area is 148 Å². The summed E-state index contributed by atoms with van der Waals surface area (Å²) in [5, 5.41) is 5.98. The van der Waals surface area contributed by atoms with Gasteiger partial charge in [0.1, 0.15) is 5.75 Å². The number of anilines is 1. The van der Waals surface area contributed by atoms with E-state index in [1.54, 1.807) is 0 Å². The van der Waals surface area contributed by atoms with Gasteiger partial charge < -0.3 is 10.1 Å². The number of thiocarbonyl (C=S) groups is 1. The average Bonchev–Trinajstić information content (AvgIpc) is 2.54. The molecule has 0 saturated heterocycles. The van der Waals surface area contributed by atoms with Crippen LogP contribution in [0.15, 0.2) is 48.5 Å². The van der Waals surface area contributed by atoms with E-state index in [0.717, 1.165) is 16.8 Å². The van der Waals surface area contributed by atoms with Gasteiger partial charge in [0.2, 0.25) is 0 Å². The summed E-state index contributed by atoms with van der Waals surface area (Å²) >= 11 is 5.22. The molecule has 2 aromatic carbocycles. The Kier molecular flexibility index (Phi) is 6.32. The zero-order chi connectivity index (χ0) is 17.5. The minimum Gasteiger partial charge on any atom is -0.483 e. The maximum absolute atomic E-state index is 12.0. The molecule has 0 aliphatic heterocycles. The number of nitrogens with one attached hydrogen (secondary N) is 2. The first-order chi connectivity index (χ1) is 11.5. The molecule has 0 bridgehead atoms. The van der Waals surface area contributed by atoms with Crippen LogP contribution in [0.2, 0.25) is 0 Å². The molecule has 0 spiro atoms. The van der Waals surface area contributed by atoms with E-state index in [1.807, 2.05) is 55.5 Å². The third-order valence-corrected chi connectivity index (χ3v) is 3.74. The van der Waals surface area contributed by atoms with Crippen molar-refractivity contribution in [1.82, 2.24) is 5.32 Å². The van der Waals surface area contributed by atoms with Gasteiger partial charge in [-0.25, -0.2) is 0 Å². The Morgan fingerprint density at radius 3 is 2.50 bits per heavy atom. The number of carbonyl (C=O) groups is 1. The van der Waals surface area contributed by atoms with Crippen LogP contribution in [-0.4, -0.2) is 17.6 Å². The molecule has 0 radical (unpaired) electrons. The fraction of sp³-hybridized carbons (Fsp3) is 0.263. The summed E-state index contributed by atoms with van der Waals surface area (Å²) in [6.07, 6.45) is 0. The van der Waals surface area contributed by atoms with Crippen molar-refractivity contribution in [3.05, 3.63) is 59.7 Å². The zero-order valence-electron chi connectivity index (χ0n) is 14.1. The van der Waals surface area contributed by atoms with Gasteiger partial charge >= 0.3 is 0 Å². The molecule has 0 atom stereocenters. The van der Waals surface area contributed by atoms with E-state index < -0.39 is 0 Å². The SMILES string of the molecule is Cc1ccccc1OCC(=O)NC(=S)Nc1ccccc1C(C)C. The quantitative estimate of drug-likeness (QED) is 0.806. The number of carbonyl (C=O) groups excluding carboxylic acids is 1. The van der Waals surface area contributed by atoms with Crippen molar-refractivity contribution in [3.8, 4) is 5.75 Å². The van der Waals surface area contributed by atoms with E-state index >= 15 is 0 Å². The minimum atomic E-state index is -0.294. The van der Waals surface area contributed by atoms with Crippen LogP contribution in [0.5, 0.6) is 5.75 Å². The van der Waals surface area contributed by atoms with Gasteiger partial charge in [0.05, 0.1) is 0 Å². The molecule has 24 heavy (non-hydrogen) atoms. The molecule has 1 amide bonds. The Morgan fingerprint density at radius 2 is 1.79 bits per heavy atom. The van der Waals surface area contributed by atoms with Crippen molar-refractivity contribution >= 4 is 28.9 Å². The summed E-state index contributed by atoms with van der Waals surface area (Å²) in [7, 11) is 0. The third kappa shape index (κ3) is 5.06. The van der Waals surface area contributed by atoms with E-state index in [0.29, 0.717) is 11.7 Å². The highest BCUT2D eigenvalue weighted by atomic mass is 32.1. The molecule has 0 fully saturated rings. The number of amides is 1. The van der Waals surface area contributed by atoms with Crippen LogP contribution >= 0.6 is 12.2 Å². The Bertz CT molecular complexity index is 729. The standard InChI is InChI=1S/C19H22N2O2S/c1-13(2)15-9-5-6-10-16(15)20-19(24)21-18(22)12-23-17-11-7-4-8-14(17)3/h4-11,13H,12H2,1-3H3,(H2,20,21,22,24). The molecular formula is C19H22N2O2S. The second-order valence-electron chi connectivity index (χ2n) is 5.80. The molecular weight excluding hydrogens is 320 g/mol. The molecule has 0 aromatic heterocycles. The van der Waals surface area contributed by atoms with Crippen LogP contribution in [0.25, 0.3) is 0 Å². The third-order valence-electron chi connectivity index (χ3n) is 3.54. The van der Waals surface area contributed by atoms with Gasteiger partial charge in [0, 0.05) is 5.69 Å². The van der Waals surface area contributed by atoms with Crippen LogP contribution in [0, 0.1) is 6.92 Å². The largest absolute Gasteiger partial charge is 0.483 e. The van der Waals surface area contributed by atoms with E-state index in [-0.39, 0.29) is 17.6 Å². The summed E-state index contributed by atoms with van der Waals surface area (Å²) in [6, 6.07) is 15.5. The molecule has 2 aromatic rings. The smallest absolute Gasteiger partial charge is 0.264 e. The summed E-state index contributed by atoms with van der Waals surface area (Å²) in [4.78, 5) is 12.0. The average molecular weight is 342 g/mol. The number of hydrogen-bond acceptors (Lipinski definition) is 3. The zero-order valence-corrected chi connectivity index (χ0v) is 14.9. The number of rotatable bonds is 5. The summed E-state index contributed by atoms with van der Waals surface area (Å²) in [5.74, 6) is 0.756. The number of hydrogen-bond donors (Lipinski definition) is 2. The van der Waals surface area contributed by atoms with Crippen LogP contribution in [-0.2, 0) is 4.79 Å². The summed E-state index contributed by atoms with van der Waals surface area (Å²) in [6.45, 7) is 6.07. The van der Waals surface area contributed by atoms with Crippen molar-refractivity contribution in [1.29, 1.82) is 0 Å². The lowest BCUT2D eigenvalue weighted by molar-refractivity contribution is -0.121. The number of benzene rings is 2. The van der Waals surface area contributed by atoms with Gasteiger partial charge in [-0.3, -0.25) is 10.1 Å². The maximum Gasteiger partial charge on any atom is 0.264 e. The Morgan fingerprint density at radius 1 is 1.12 bits per heavy atom. The summed E-state index contributed by atoms with van der Waals surface area (Å²) < 4.78 is 5.51. The molecule has 2 N–H and O–H groups in total. The Hall–Kier alpha value is -2.40. The second kappa shape index (κ2) is 8.45. The fourth-order valence-electron chi connectivity index (χ4n) is 2.29. The van der Waals surface area contributed by atoms with Gasteiger partial charge in [0.15, 0.2) is 11.7 Å². The lowest BCUT2D eigenvalue weighted by Gasteiger charge is -2.15. The maximum atomic E-state index is 12.0. The first kappa shape index (κ1) is 17.9. The number of para-hydroxylation sites is 2. The lowest BCUT2D eigenvalue weighted by atomic mass is 10.0. The van der Waals surface area contributed by atoms with Crippen molar-refractivity contribution in [2.75, 3.05) is 11.9 Å². The van der Waals surface area contributed by atoms with Crippen molar-refractivity contribution in [2.24, 2.45) is 0 Å². The molecule has 0 saturated carbocycles. The summed E-state index contributed by atoms with van der Waals surface area (Å²) in [5.41, 5.74) is 3.03. The molecule has 2 rings (SSSR count). The molecule has 0 aliphatic carbocycles. The number of aryl methyl sites for hydroxylation is 1. The predicted molar refractivity (Wildman–Crippen MR) is 102 cm³/mol. The molecule has 4 nitrogen and oxygen atoms in total. The molecule has 0 heterocycles. The van der Waals surface area contributed by atoms with Gasteiger partial charge in [-0.1, -0.05) is 50.2 Å². The number of ether oxygens (including phenoxy) is 1. The molecule has 5 heteroatoms. The van der Waals surface area contributed by atoms with Crippen LogP contribution in [0.4, 0.5) is 5.69 Å². The molecule has 0 aliphatic rings. The van der Waals surface area contributed by atoms with Crippen LogP contribution in [0.3, 0.4) is 0 Å². The highest BCUT2D eigenvalue weighted by Gasteiger charge is 2.10. The highest BCUT2D eigenvalue weighted by Crippen LogP contribution is 2.23. The topological polar surface area (TPSA) is 50.4 Å². The molecule has 0 unspecified atom stereocenters. The van der Waals surface area contributed by atoms with Gasteiger partial charge in [0.25, 0.3) is 5.91 Å². The van der Waals surface area contributed by atoms with Crippen molar-refractivity contribution in [3.63, 3.8) is 0 Å². The van der Waals surface area contributed by atoms with E-state index in [4.69, 9.17) is 17.0 Å².